The summed E-state index contributed by atoms with van der Waals surface area (Å²) in [6, 6.07) is 4.93. The van der Waals surface area contributed by atoms with Crippen molar-refractivity contribution in [2.45, 2.75) is 41.9 Å². The van der Waals surface area contributed by atoms with Gasteiger partial charge in [0.25, 0.3) is 5.91 Å². The van der Waals surface area contributed by atoms with Crippen molar-refractivity contribution in [3.05, 3.63) is 58.4 Å². The molecule has 2 aliphatic rings. The van der Waals surface area contributed by atoms with Crippen LogP contribution in [0.4, 0.5) is 18.9 Å². The molecule has 2 bridgehead atoms. The number of aliphatic hydroxyl groups is 1. The van der Waals surface area contributed by atoms with E-state index in [1.807, 2.05) is 0 Å². The normalized spacial score (nSPS) is 25.5. The summed E-state index contributed by atoms with van der Waals surface area (Å²) in [4.78, 5) is 12.4. The Hall–Kier alpha value is -2.10. The molecule has 10 heteroatoms. The van der Waals surface area contributed by atoms with Gasteiger partial charge in [-0.3, -0.25) is 4.79 Å². The Kier molecular flexibility index (Phi) is 5.78. The lowest BCUT2D eigenvalue weighted by Gasteiger charge is -2.32. The van der Waals surface area contributed by atoms with Gasteiger partial charge in [-0.2, -0.15) is 0 Å². The molecule has 2 atom stereocenters. The highest BCUT2D eigenvalue weighted by Gasteiger charge is 2.49. The fourth-order valence-electron chi connectivity index (χ4n) is 4.79. The van der Waals surface area contributed by atoms with Crippen LogP contribution >= 0.6 is 11.6 Å². The van der Waals surface area contributed by atoms with E-state index in [9.17, 15) is 31.5 Å². The molecular weight excluding hydrogens is 455 g/mol. The fourth-order valence-corrected chi connectivity index (χ4v) is 7.66. The molecule has 2 N–H and O–H groups in total. The van der Waals surface area contributed by atoms with Gasteiger partial charge in [-0.1, -0.05) is 11.6 Å². The number of carbonyl (C=O) groups is 1. The lowest BCUT2D eigenvalue weighted by Crippen LogP contribution is -2.39. The molecule has 2 aromatic rings. The number of sulfone groups is 1. The van der Waals surface area contributed by atoms with Crippen LogP contribution in [0.5, 0.6) is 0 Å². The molecule has 2 unspecified atom stereocenters. The summed E-state index contributed by atoms with van der Waals surface area (Å²) in [6.07, 6.45) is 1.68. The van der Waals surface area contributed by atoms with Crippen molar-refractivity contribution >= 4 is 33.0 Å². The first-order valence-corrected chi connectivity index (χ1v) is 11.7. The van der Waals surface area contributed by atoms with Gasteiger partial charge in [-0.15, -0.1) is 0 Å². The quantitative estimate of drug-likeness (QED) is 0.647. The number of benzene rings is 2. The summed E-state index contributed by atoms with van der Waals surface area (Å²) in [6.45, 7) is 0. The van der Waals surface area contributed by atoms with Crippen LogP contribution in [-0.4, -0.2) is 30.8 Å². The minimum absolute atomic E-state index is 0.0408. The van der Waals surface area contributed by atoms with Crippen molar-refractivity contribution in [3.63, 3.8) is 0 Å². The van der Waals surface area contributed by atoms with E-state index < -0.39 is 44.5 Å². The van der Waals surface area contributed by atoms with Gasteiger partial charge in [-0.25, -0.2) is 21.6 Å². The lowest BCUT2D eigenvalue weighted by molar-refractivity contribution is 0.0981. The van der Waals surface area contributed by atoms with Gasteiger partial charge in [0.05, 0.1) is 21.3 Å². The number of amides is 1. The molecule has 4 rings (SSSR count). The van der Waals surface area contributed by atoms with Crippen LogP contribution in [0.3, 0.4) is 0 Å². The number of aliphatic hydroxyl groups excluding tert-OH is 1. The Morgan fingerprint density at radius 3 is 2.19 bits per heavy atom. The molecule has 0 spiro atoms. The van der Waals surface area contributed by atoms with Crippen molar-refractivity contribution in [1.29, 1.82) is 0 Å². The van der Waals surface area contributed by atoms with Gasteiger partial charge in [0.15, 0.2) is 27.3 Å². The highest BCUT2D eigenvalue weighted by Crippen LogP contribution is 2.48. The standard InChI is InChI=1S/C21H19ClF3NO4S/c22-15-4-3-12(21(28)26-13-8-16(23)19(25)17(24)9-13)7-18(15)31(29,30)20-10-1-2-11(20)6-14(27)5-10/h3-4,7-11,14,20,27H,1-2,5-6H2,(H,26,28). The first-order valence-electron chi connectivity index (χ1n) is 9.75. The molecule has 0 radical (unpaired) electrons. The second-order valence-corrected chi connectivity index (χ2v) is 10.6. The second kappa shape index (κ2) is 8.11. The maximum atomic E-state index is 13.4. The van der Waals surface area contributed by atoms with E-state index >= 15 is 0 Å². The molecule has 2 saturated carbocycles. The molecule has 2 aromatic carbocycles. The largest absolute Gasteiger partial charge is 0.393 e. The van der Waals surface area contributed by atoms with Crippen molar-refractivity contribution < 1.29 is 31.5 Å². The van der Waals surface area contributed by atoms with E-state index in [1.54, 1.807) is 0 Å². The summed E-state index contributed by atoms with van der Waals surface area (Å²) < 4.78 is 66.7. The molecule has 0 heterocycles. The van der Waals surface area contributed by atoms with Gasteiger partial charge in [0, 0.05) is 23.4 Å². The molecule has 31 heavy (non-hydrogen) atoms. The first-order chi connectivity index (χ1) is 14.6. The van der Waals surface area contributed by atoms with Crippen LogP contribution in [0.25, 0.3) is 0 Å². The SMILES string of the molecule is O=C(Nc1cc(F)c(F)c(F)c1)c1ccc(Cl)c(S(=O)(=O)C2C3CCC2CC(O)C3)c1. The Balaban J connectivity index is 1.64. The summed E-state index contributed by atoms with van der Waals surface area (Å²) >= 11 is 6.17. The van der Waals surface area contributed by atoms with Crippen molar-refractivity contribution in [1.82, 2.24) is 0 Å². The van der Waals surface area contributed by atoms with E-state index in [1.165, 1.54) is 12.1 Å². The predicted octanol–water partition coefficient (Wildman–Crippen LogP) is 4.33. The molecular formula is C21H19ClF3NO4S. The predicted molar refractivity (Wildman–Crippen MR) is 108 cm³/mol. The van der Waals surface area contributed by atoms with Gasteiger partial charge >= 0.3 is 0 Å². The average molecular weight is 474 g/mol. The van der Waals surface area contributed by atoms with Gasteiger partial charge < -0.3 is 10.4 Å². The molecule has 2 fully saturated rings. The van der Waals surface area contributed by atoms with Crippen molar-refractivity contribution in [2.24, 2.45) is 11.8 Å². The Bertz CT molecular complexity index is 1120. The summed E-state index contributed by atoms with van der Waals surface area (Å²) in [5.41, 5.74) is -0.406. The third kappa shape index (κ3) is 4.06. The maximum absolute atomic E-state index is 13.4. The fraction of sp³-hybridized carbons (Fsp3) is 0.381. The molecule has 166 valence electrons. The molecule has 5 nitrogen and oxygen atoms in total. The van der Waals surface area contributed by atoms with Crippen LogP contribution in [0.2, 0.25) is 5.02 Å². The number of fused-ring (bicyclic) bond motifs is 2. The van der Waals surface area contributed by atoms with Gasteiger partial charge in [0.2, 0.25) is 0 Å². The minimum atomic E-state index is -3.89. The zero-order valence-corrected chi connectivity index (χ0v) is 17.7. The zero-order valence-electron chi connectivity index (χ0n) is 16.1. The van der Waals surface area contributed by atoms with Crippen LogP contribution in [0.15, 0.2) is 35.2 Å². The molecule has 0 aliphatic heterocycles. The summed E-state index contributed by atoms with van der Waals surface area (Å²) in [5, 5.41) is 11.5. The smallest absolute Gasteiger partial charge is 0.255 e. The lowest BCUT2D eigenvalue weighted by atomic mass is 9.86. The highest BCUT2D eigenvalue weighted by molar-refractivity contribution is 7.92. The van der Waals surface area contributed by atoms with Gasteiger partial charge in [0.1, 0.15) is 0 Å². The third-order valence-electron chi connectivity index (χ3n) is 6.09. The molecule has 0 saturated heterocycles. The number of rotatable bonds is 4. The number of hydrogen-bond donors (Lipinski definition) is 2. The number of nitrogens with one attached hydrogen (secondary N) is 1. The number of hydrogen-bond acceptors (Lipinski definition) is 4. The molecule has 0 aromatic heterocycles. The van der Waals surface area contributed by atoms with E-state index in [0.29, 0.717) is 37.8 Å². The zero-order chi connectivity index (χ0) is 22.5. The topological polar surface area (TPSA) is 83.5 Å². The number of halogens is 4. The first kappa shape index (κ1) is 22.1. The van der Waals surface area contributed by atoms with Crippen molar-refractivity contribution in [2.75, 3.05) is 5.32 Å². The van der Waals surface area contributed by atoms with Crippen molar-refractivity contribution in [3.8, 4) is 0 Å². The Morgan fingerprint density at radius 2 is 1.61 bits per heavy atom. The third-order valence-corrected chi connectivity index (χ3v) is 8.97. The van der Waals surface area contributed by atoms with E-state index in [0.717, 1.165) is 6.07 Å². The highest BCUT2D eigenvalue weighted by atomic mass is 35.5. The molecule has 1 amide bonds. The number of carbonyl (C=O) groups excluding carboxylic acids is 1. The summed E-state index contributed by atoms with van der Waals surface area (Å²) in [7, 11) is -3.89. The van der Waals surface area contributed by atoms with Crippen LogP contribution in [0, 0.1) is 29.3 Å². The average Bonchev–Trinajstić information content (AvgIpc) is 2.99. The molecule has 2 aliphatic carbocycles. The number of anilines is 1. The second-order valence-electron chi connectivity index (χ2n) is 8.09. The minimum Gasteiger partial charge on any atom is -0.393 e. The Labute approximate surface area is 182 Å². The van der Waals surface area contributed by atoms with E-state index in [-0.39, 0.29) is 33.0 Å². The van der Waals surface area contributed by atoms with E-state index in [4.69, 9.17) is 11.6 Å². The van der Waals surface area contributed by atoms with Crippen LogP contribution in [0.1, 0.15) is 36.0 Å². The van der Waals surface area contributed by atoms with Crippen LogP contribution in [-0.2, 0) is 9.84 Å². The summed E-state index contributed by atoms with van der Waals surface area (Å²) in [5.74, 6) is -5.80. The maximum Gasteiger partial charge on any atom is 0.255 e. The van der Waals surface area contributed by atoms with Crippen LogP contribution < -0.4 is 5.32 Å². The van der Waals surface area contributed by atoms with E-state index in [2.05, 4.69) is 5.32 Å². The van der Waals surface area contributed by atoms with Gasteiger partial charge in [-0.05, 0) is 55.7 Å². The Morgan fingerprint density at radius 1 is 1.03 bits per heavy atom. The monoisotopic (exact) mass is 473 g/mol.